The second-order valence-corrected chi connectivity index (χ2v) is 12.5. The van der Waals surface area contributed by atoms with E-state index in [1.165, 1.54) is 4.90 Å². The Morgan fingerprint density at radius 1 is 1.09 bits per heavy atom. The van der Waals surface area contributed by atoms with Crippen LogP contribution < -0.4 is 21.3 Å². The van der Waals surface area contributed by atoms with Gasteiger partial charge >= 0.3 is 0 Å². The van der Waals surface area contributed by atoms with Crippen LogP contribution in [-0.4, -0.2) is 94.6 Å². The molecule has 1 aromatic carbocycles. The Morgan fingerprint density at radius 2 is 1.74 bits per heavy atom. The fourth-order valence-electron chi connectivity index (χ4n) is 7.41. The molecule has 0 radical (unpaired) electrons. The Bertz CT molecular complexity index is 1480. The summed E-state index contributed by atoms with van der Waals surface area (Å²) in [6.07, 6.45) is 5.32. The summed E-state index contributed by atoms with van der Waals surface area (Å²) >= 11 is 0. The minimum Gasteiger partial charge on any atom is -0.510 e. The molecule has 1 aromatic rings. The number of amides is 1. The Morgan fingerprint density at radius 3 is 2.33 bits per heavy atom. The van der Waals surface area contributed by atoms with Crippen molar-refractivity contribution in [2.45, 2.75) is 62.6 Å². The highest BCUT2D eigenvalue weighted by molar-refractivity contribution is 6.25. The van der Waals surface area contributed by atoms with Gasteiger partial charge < -0.3 is 41.7 Å². The van der Waals surface area contributed by atoms with Gasteiger partial charge in [-0.15, -0.1) is 0 Å². The zero-order valence-corrected chi connectivity index (χ0v) is 24.8. The molecular formula is C30H40N6O7. The standard InChI is InChI=1S/C30H40N6O7/c1-35(2)18-12-17(34-29(32)33-14-8-6-5-7-9-14)23(37)20-15(18)10-13-11-16-22(36(3)4)25(39)21(28(31)42)27(41)30(16,43)26(40)19(13)24(20)38/h12-14,16,22,37,39-40,43H,5-11H2,1-4H3,(H2,31,42)(H3,32,33,34)/t13-,16-,22-,30-/m0/s1. The number of benzene rings is 1. The Labute approximate surface area is 249 Å². The van der Waals surface area contributed by atoms with Crippen molar-refractivity contribution in [1.82, 2.24) is 10.2 Å². The van der Waals surface area contributed by atoms with Crippen LogP contribution >= 0.6 is 0 Å². The number of guanidine groups is 1. The van der Waals surface area contributed by atoms with Gasteiger partial charge in [-0.05, 0) is 57.3 Å². The number of allylic oxidation sites excluding steroid dienone is 1. The van der Waals surface area contributed by atoms with E-state index >= 15 is 0 Å². The lowest BCUT2D eigenvalue weighted by molar-refractivity contribution is -0.148. The van der Waals surface area contributed by atoms with E-state index in [1.54, 1.807) is 39.2 Å². The molecular weight excluding hydrogens is 556 g/mol. The number of Topliss-reactive ketones (excluding diaryl/α,β-unsaturated/α-hetero) is 2. The first-order valence-corrected chi connectivity index (χ1v) is 14.5. The highest BCUT2D eigenvalue weighted by Gasteiger charge is 2.63. The SMILES string of the molecule is CN(C)c1cc(NC(=N)NC2CCCCC2)c(O)c2c1C[C@H]1C[C@H]3[C@H](N(C)C)C(O)=C(C(N)=O)C(=O)[C@@]3(O)C(O)=C1C2=O. The molecule has 4 aliphatic rings. The Balaban J connectivity index is 1.60. The molecule has 1 amide bonds. The van der Waals surface area contributed by atoms with Crippen molar-refractivity contribution < 1.29 is 34.8 Å². The number of nitrogens with one attached hydrogen (secondary N) is 3. The summed E-state index contributed by atoms with van der Waals surface area (Å²) < 4.78 is 0. The van der Waals surface area contributed by atoms with E-state index in [-0.39, 0.29) is 41.7 Å². The minimum atomic E-state index is -2.70. The summed E-state index contributed by atoms with van der Waals surface area (Å²) in [5.74, 6) is -7.07. The van der Waals surface area contributed by atoms with Crippen LogP contribution in [0.3, 0.4) is 0 Å². The number of phenolic OH excluding ortho intramolecular Hbond substituents is 1. The third-order valence-electron chi connectivity index (χ3n) is 9.39. The molecule has 0 bridgehead atoms. The van der Waals surface area contributed by atoms with E-state index in [9.17, 15) is 34.8 Å². The molecule has 1 fully saturated rings. The number of hydrogen-bond donors (Lipinski definition) is 8. The number of aliphatic hydroxyl groups is 3. The van der Waals surface area contributed by atoms with E-state index in [0.717, 1.165) is 32.1 Å². The smallest absolute Gasteiger partial charge is 0.255 e. The first-order chi connectivity index (χ1) is 20.2. The van der Waals surface area contributed by atoms with E-state index < -0.39 is 63.8 Å². The number of aliphatic hydroxyl groups excluding tert-OH is 2. The van der Waals surface area contributed by atoms with Crippen LogP contribution in [0.25, 0.3) is 0 Å². The number of primary amides is 1. The van der Waals surface area contributed by atoms with Gasteiger partial charge in [-0.2, -0.15) is 0 Å². The van der Waals surface area contributed by atoms with Gasteiger partial charge in [0.1, 0.15) is 17.1 Å². The number of hydrogen-bond acceptors (Lipinski definition) is 10. The average molecular weight is 597 g/mol. The molecule has 0 heterocycles. The lowest BCUT2D eigenvalue weighted by Crippen LogP contribution is -2.63. The van der Waals surface area contributed by atoms with Gasteiger partial charge in [-0.3, -0.25) is 24.7 Å². The molecule has 4 atom stereocenters. The summed E-state index contributed by atoms with van der Waals surface area (Å²) in [5.41, 5.74) is 2.74. The Hall–Kier alpha value is -4.10. The maximum Gasteiger partial charge on any atom is 0.255 e. The van der Waals surface area contributed by atoms with E-state index in [2.05, 4.69) is 10.6 Å². The van der Waals surface area contributed by atoms with E-state index in [1.807, 2.05) is 0 Å². The number of rotatable bonds is 5. The number of nitrogens with zero attached hydrogens (tertiary/aromatic N) is 2. The topological polar surface area (TPSA) is 213 Å². The van der Waals surface area contributed by atoms with Crippen molar-refractivity contribution >= 4 is 34.8 Å². The number of likely N-dealkylation sites (N-methyl/N-ethyl adjacent to an activating group) is 1. The molecule has 0 aliphatic heterocycles. The quantitative estimate of drug-likeness (QED) is 0.105. The molecule has 232 valence electrons. The molecule has 0 spiro atoms. The van der Waals surface area contributed by atoms with Gasteiger partial charge in [0, 0.05) is 37.3 Å². The van der Waals surface area contributed by atoms with Gasteiger partial charge in [0.25, 0.3) is 5.91 Å². The molecule has 13 nitrogen and oxygen atoms in total. The van der Waals surface area contributed by atoms with Crippen LogP contribution in [0, 0.1) is 17.2 Å². The third-order valence-corrected chi connectivity index (χ3v) is 9.39. The molecule has 5 rings (SSSR count). The number of carbonyl (C=O) groups excluding carboxylic acids is 3. The summed E-state index contributed by atoms with van der Waals surface area (Å²) in [6.45, 7) is 0. The van der Waals surface area contributed by atoms with Crippen molar-refractivity contribution in [2.75, 3.05) is 38.4 Å². The van der Waals surface area contributed by atoms with Crippen LogP contribution in [-0.2, 0) is 16.0 Å². The molecule has 0 saturated heterocycles. The van der Waals surface area contributed by atoms with Crippen molar-refractivity contribution in [1.29, 1.82) is 5.41 Å². The predicted molar refractivity (Wildman–Crippen MR) is 159 cm³/mol. The molecule has 4 aliphatic carbocycles. The predicted octanol–water partition coefficient (Wildman–Crippen LogP) is 1.46. The average Bonchev–Trinajstić information content (AvgIpc) is 2.92. The second kappa shape index (κ2) is 10.9. The molecule has 0 aromatic heterocycles. The highest BCUT2D eigenvalue weighted by atomic mass is 16.3. The van der Waals surface area contributed by atoms with Crippen LogP contribution in [0.2, 0.25) is 0 Å². The minimum absolute atomic E-state index is 0.00927. The third kappa shape index (κ3) is 4.70. The fourth-order valence-corrected chi connectivity index (χ4v) is 7.41. The van der Waals surface area contributed by atoms with Crippen LogP contribution in [0.1, 0.15) is 54.4 Å². The highest BCUT2D eigenvalue weighted by Crippen LogP contribution is 2.53. The first kappa shape index (κ1) is 30.4. The fraction of sp³-hybridized carbons (Fsp3) is 0.533. The molecule has 43 heavy (non-hydrogen) atoms. The second-order valence-electron chi connectivity index (χ2n) is 12.5. The van der Waals surface area contributed by atoms with E-state index in [0.29, 0.717) is 11.3 Å². The maximum absolute atomic E-state index is 14.2. The summed E-state index contributed by atoms with van der Waals surface area (Å²) in [6, 6.07) is 0.730. The first-order valence-electron chi connectivity index (χ1n) is 14.5. The largest absolute Gasteiger partial charge is 0.510 e. The summed E-state index contributed by atoms with van der Waals surface area (Å²) in [7, 11) is 6.74. The number of phenols is 1. The summed E-state index contributed by atoms with van der Waals surface area (Å²) in [5, 5.41) is 60.1. The Kier molecular flexibility index (Phi) is 7.68. The zero-order chi connectivity index (χ0) is 31.5. The molecule has 1 saturated carbocycles. The van der Waals surface area contributed by atoms with Gasteiger partial charge in [0.2, 0.25) is 5.78 Å². The number of ketones is 2. The van der Waals surface area contributed by atoms with Crippen molar-refractivity contribution in [3.63, 3.8) is 0 Å². The van der Waals surface area contributed by atoms with Crippen molar-refractivity contribution in [3.05, 3.63) is 39.9 Å². The lowest BCUT2D eigenvalue weighted by Gasteiger charge is -2.50. The van der Waals surface area contributed by atoms with Crippen LogP contribution in [0.5, 0.6) is 5.75 Å². The van der Waals surface area contributed by atoms with Gasteiger partial charge in [-0.1, -0.05) is 19.3 Å². The zero-order valence-electron chi connectivity index (χ0n) is 24.8. The number of fused-ring (bicyclic) bond motifs is 3. The number of anilines is 2. The van der Waals surface area contributed by atoms with Crippen LogP contribution in [0.4, 0.5) is 11.4 Å². The molecule has 9 N–H and O–H groups in total. The monoisotopic (exact) mass is 596 g/mol. The van der Waals surface area contributed by atoms with E-state index in [4.69, 9.17) is 11.1 Å². The number of carbonyl (C=O) groups is 3. The van der Waals surface area contributed by atoms with Gasteiger partial charge in [0.05, 0.1) is 17.3 Å². The molecule has 0 unspecified atom stereocenters. The maximum atomic E-state index is 14.2. The molecule has 13 heteroatoms. The summed E-state index contributed by atoms with van der Waals surface area (Å²) in [4.78, 5) is 43.1. The number of aromatic hydroxyl groups is 1. The van der Waals surface area contributed by atoms with Crippen molar-refractivity contribution in [3.8, 4) is 5.75 Å². The number of nitrogens with two attached hydrogens (primary N) is 1. The van der Waals surface area contributed by atoms with Crippen molar-refractivity contribution in [2.24, 2.45) is 17.6 Å². The normalized spacial score (nSPS) is 27.4. The van der Waals surface area contributed by atoms with Gasteiger partial charge in [0.15, 0.2) is 23.1 Å². The van der Waals surface area contributed by atoms with Gasteiger partial charge in [-0.25, -0.2) is 0 Å². The lowest BCUT2D eigenvalue weighted by atomic mass is 9.58. The van der Waals surface area contributed by atoms with Crippen LogP contribution in [0.15, 0.2) is 28.7 Å².